The molecule has 0 aromatic heterocycles. The number of likely N-dealkylation sites (tertiary alicyclic amines) is 1. The maximum absolute atomic E-state index is 15.6. The van der Waals surface area contributed by atoms with Crippen molar-refractivity contribution in [2.75, 3.05) is 29.9 Å². The number of rotatable bonds is 5. The Morgan fingerprint density at radius 2 is 1.61 bits per heavy atom. The van der Waals surface area contributed by atoms with E-state index in [2.05, 4.69) is 26.1 Å². The molecule has 2 atom stereocenters. The summed E-state index contributed by atoms with van der Waals surface area (Å²) in [6.45, 7) is 9.98. The fourth-order valence-corrected chi connectivity index (χ4v) is 6.18. The smallest absolute Gasteiger partial charge is 0.257 e. The molecule has 3 aromatic rings. The molecular weight excluding hydrogens is 520 g/mol. The third-order valence-electron chi connectivity index (χ3n) is 8.42. The summed E-state index contributed by atoms with van der Waals surface area (Å²) in [5.74, 6) is -2.35. The molecule has 0 saturated carbocycles. The molecule has 2 saturated heterocycles. The second-order valence-corrected chi connectivity index (χ2v) is 12.3. The second kappa shape index (κ2) is 11.6. The average Bonchev–Trinajstić information content (AvgIpc) is 3.47. The first kappa shape index (κ1) is 28.8. The summed E-state index contributed by atoms with van der Waals surface area (Å²) in [5, 5.41) is 3.06. The van der Waals surface area contributed by atoms with E-state index >= 15 is 4.39 Å². The second-order valence-electron chi connectivity index (χ2n) is 12.3. The van der Waals surface area contributed by atoms with Crippen molar-refractivity contribution in [1.82, 2.24) is 4.90 Å². The summed E-state index contributed by atoms with van der Waals surface area (Å²) in [7, 11) is 0. The molecule has 0 aliphatic carbocycles. The van der Waals surface area contributed by atoms with Gasteiger partial charge in [0.25, 0.3) is 5.91 Å². The number of carbonyl (C=O) groups excluding carboxylic acids is 2. The van der Waals surface area contributed by atoms with Crippen LogP contribution in [0, 0.1) is 24.5 Å². The zero-order valence-corrected chi connectivity index (χ0v) is 24.3. The van der Waals surface area contributed by atoms with Crippen molar-refractivity contribution in [1.29, 1.82) is 0 Å². The number of anilines is 2. The number of benzene rings is 3. The van der Waals surface area contributed by atoms with Gasteiger partial charge in [0.05, 0.1) is 23.2 Å². The van der Waals surface area contributed by atoms with Crippen molar-refractivity contribution in [2.45, 2.75) is 64.8 Å². The molecule has 7 heteroatoms. The number of halogens is 2. The van der Waals surface area contributed by atoms with Crippen LogP contribution in [0.5, 0.6) is 0 Å². The number of hydrogen-bond acceptors (Lipinski definition) is 3. The molecule has 2 aliphatic rings. The summed E-state index contributed by atoms with van der Waals surface area (Å²) >= 11 is 0. The minimum Gasteiger partial charge on any atom is -0.369 e. The van der Waals surface area contributed by atoms with E-state index in [0.29, 0.717) is 41.9 Å². The van der Waals surface area contributed by atoms with Gasteiger partial charge in [-0.1, -0.05) is 51.1 Å². The third-order valence-corrected chi connectivity index (χ3v) is 8.42. The standard InChI is InChI=1S/C34H39F2N3O2/c1-22-10-7-14-27(35)30(22)33(41)39-19-9-13-26(32(40)37-25-12-8-11-24(21-25)34(2,3)4)31(39)23-15-16-29(28(36)20-23)38-17-5-6-18-38/h7-8,10-12,14-16,20-21,26,31H,5-6,9,13,17-19H2,1-4H3,(H,37,40). The lowest BCUT2D eigenvalue weighted by atomic mass is 9.83. The number of nitrogens with one attached hydrogen (secondary N) is 1. The topological polar surface area (TPSA) is 52.7 Å². The normalized spacial score (nSPS) is 19.4. The predicted molar refractivity (Wildman–Crippen MR) is 159 cm³/mol. The van der Waals surface area contributed by atoms with Crippen LogP contribution >= 0.6 is 0 Å². The van der Waals surface area contributed by atoms with Crippen LogP contribution in [0.25, 0.3) is 0 Å². The highest BCUT2D eigenvalue weighted by Gasteiger charge is 2.41. The van der Waals surface area contributed by atoms with E-state index in [1.807, 2.05) is 35.2 Å². The van der Waals surface area contributed by atoms with E-state index < -0.39 is 23.7 Å². The summed E-state index contributed by atoms with van der Waals surface area (Å²) in [6.07, 6.45) is 3.13. The van der Waals surface area contributed by atoms with Gasteiger partial charge in [-0.3, -0.25) is 9.59 Å². The molecule has 2 unspecified atom stereocenters. The van der Waals surface area contributed by atoms with Crippen LogP contribution in [0.4, 0.5) is 20.2 Å². The van der Waals surface area contributed by atoms with Gasteiger partial charge in [-0.25, -0.2) is 8.78 Å². The highest BCUT2D eigenvalue weighted by Crippen LogP contribution is 2.40. The minimum atomic E-state index is -0.747. The first-order valence-corrected chi connectivity index (χ1v) is 14.6. The fourth-order valence-electron chi connectivity index (χ4n) is 6.18. The maximum atomic E-state index is 15.6. The van der Waals surface area contributed by atoms with Gasteiger partial charge < -0.3 is 15.1 Å². The molecule has 2 aliphatic heterocycles. The van der Waals surface area contributed by atoms with Gasteiger partial charge in [0.2, 0.25) is 5.91 Å². The SMILES string of the molecule is Cc1cccc(F)c1C(=O)N1CCCC(C(=O)Nc2cccc(C(C)(C)C)c2)C1c1ccc(N2CCCC2)c(F)c1. The molecule has 0 spiro atoms. The van der Waals surface area contributed by atoms with Gasteiger partial charge in [-0.15, -0.1) is 0 Å². The zero-order valence-electron chi connectivity index (χ0n) is 24.3. The molecule has 5 nitrogen and oxygen atoms in total. The Morgan fingerprint density at radius 3 is 2.29 bits per heavy atom. The number of carbonyl (C=O) groups is 2. The lowest BCUT2D eigenvalue weighted by Gasteiger charge is -2.41. The summed E-state index contributed by atoms with van der Waals surface area (Å²) in [5.41, 5.74) is 3.25. The fraction of sp³-hybridized carbons (Fsp3) is 0.412. The zero-order chi connectivity index (χ0) is 29.3. The average molecular weight is 560 g/mol. The van der Waals surface area contributed by atoms with Crippen molar-refractivity contribution < 1.29 is 18.4 Å². The Labute approximate surface area is 241 Å². The van der Waals surface area contributed by atoms with Crippen LogP contribution in [0.1, 0.15) is 79.5 Å². The lowest BCUT2D eigenvalue weighted by Crippen LogP contribution is -2.47. The molecule has 2 heterocycles. The number of nitrogens with zero attached hydrogens (tertiary/aromatic N) is 2. The Kier molecular flexibility index (Phi) is 8.16. The van der Waals surface area contributed by atoms with Crippen molar-refractivity contribution >= 4 is 23.2 Å². The molecular formula is C34H39F2N3O2. The summed E-state index contributed by atoms with van der Waals surface area (Å²) < 4.78 is 30.5. The van der Waals surface area contributed by atoms with Crippen LogP contribution < -0.4 is 10.2 Å². The summed E-state index contributed by atoms with van der Waals surface area (Å²) in [4.78, 5) is 31.4. The van der Waals surface area contributed by atoms with Crippen LogP contribution in [0.3, 0.4) is 0 Å². The van der Waals surface area contributed by atoms with E-state index in [-0.39, 0.29) is 22.7 Å². The van der Waals surface area contributed by atoms with E-state index in [0.717, 1.165) is 31.5 Å². The van der Waals surface area contributed by atoms with Crippen molar-refractivity contribution in [2.24, 2.45) is 5.92 Å². The third kappa shape index (κ3) is 5.99. The lowest BCUT2D eigenvalue weighted by molar-refractivity contribution is -0.123. The van der Waals surface area contributed by atoms with Crippen LogP contribution in [-0.2, 0) is 10.2 Å². The number of piperidine rings is 1. The van der Waals surface area contributed by atoms with Gasteiger partial charge in [0.1, 0.15) is 11.6 Å². The molecule has 1 N–H and O–H groups in total. The van der Waals surface area contributed by atoms with Crippen LogP contribution in [0.2, 0.25) is 0 Å². The highest BCUT2D eigenvalue weighted by molar-refractivity contribution is 5.98. The highest BCUT2D eigenvalue weighted by atomic mass is 19.1. The van der Waals surface area contributed by atoms with E-state index in [1.165, 1.54) is 12.1 Å². The molecule has 3 aromatic carbocycles. The van der Waals surface area contributed by atoms with Gasteiger partial charge in [0, 0.05) is 25.3 Å². The van der Waals surface area contributed by atoms with Gasteiger partial charge in [-0.05, 0) is 85.0 Å². The van der Waals surface area contributed by atoms with Gasteiger partial charge in [-0.2, -0.15) is 0 Å². The van der Waals surface area contributed by atoms with E-state index in [1.54, 1.807) is 30.0 Å². The number of hydrogen-bond donors (Lipinski definition) is 1. The van der Waals surface area contributed by atoms with E-state index in [9.17, 15) is 14.0 Å². The monoisotopic (exact) mass is 559 g/mol. The van der Waals surface area contributed by atoms with Crippen LogP contribution in [-0.4, -0.2) is 36.3 Å². The first-order valence-electron chi connectivity index (χ1n) is 14.6. The van der Waals surface area contributed by atoms with Crippen LogP contribution in [0.15, 0.2) is 60.7 Å². The Morgan fingerprint density at radius 1 is 0.878 bits per heavy atom. The number of aryl methyl sites for hydroxylation is 1. The minimum absolute atomic E-state index is 0.00871. The Bertz CT molecular complexity index is 1420. The molecule has 0 bridgehead atoms. The molecule has 41 heavy (non-hydrogen) atoms. The van der Waals surface area contributed by atoms with E-state index in [4.69, 9.17) is 0 Å². The summed E-state index contributed by atoms with van der Waals surface area (Å²) in [6, 6.07) is 16.6. The quantitative estimate of drug-likeness (QED) is 0.354. The Hall–Kier alpha value is -3.74. The largest absolute Gasteiger partial charge is 0.369 e. The predicted octanol–water partition coefficient (Wildman–Crippen LogP) is 7.40. The van der Waals surface area contributed by atoms with Crippen molar-refractivity contribution in [3.05, 3.63) is 94.6 Å². The van der Waals surface area contributed by atoms with Gasteiger partial charge in [0.15, 0.2) is 0 Å². The van der Waals surface area contributed by atoms with Gasteiger partial charge >= 0.3 is 0 Å². The van der Waals surface area contributed by atoms with Crippen molar-refractivity contribution in [3.63, 3.8) is 0 Å². The molecule has 2 fully saturated rings. The van der Waals surface area contributed by atoms with Crippen molar-refractivity contribution in [3.8, 4) is 0 Å². The first-order chi connectivity index (χ1) is 19.5. The molecule has 5 rings (SSSR count). The molecule has 0 radical (unpaired) electrons. The maximum Gasteiger partial charge on any atom is 0.257 e. The molecule has 216 valence electrons. The Balaban J connectivity index is 1.52. The molecule has 2 amide bonds. The number of amides is 2.